The number of hydrogen-bond acceptors (Lipinski definition) is 4. The van der Waals surface area contributed by atoms with Crippen LogP contribution in [0, 0.1) is 0 Å². The van der Waals surface area contributed by atoms with Gasteiger partial charge < -0.3 is 0 Å². The summed E-state index contributed by atoms with van der Waals surface area (Å²) in [4.78, 5) is 5.22. The summed E-state index contributed by atoms with van der Waals surface area (Å²) in [5.74, 6) is 0. The summed E-state index contributed by atoms with van der Waals surface area (Å²) in [5.41, 5.74) is 8.76. The van der Waals surface area contributed by atoms with Gasteiger partial charge in [-0.1, -0.05) is 149 Å². The van der Waals surface area contributed by atoms with Crippen LogP contribution >= 0.6 is 47.0 Å². The molecule has 258 valence electrons. The van der Waals surface area contributed by atoms with E-state index < -0.39 is 0 Å². The Morgan fingerprint density at radius 1 is 0.412 bits per heavy atom. The van der Waals surface area contributed by atoms with Crippen molar-refractivity contribution >= 4 is 47.0 Å². The Labute approximate surface area is 322 Å². The first-order chi connectivity index (χ1) is 25.2. The van der Waals surface area contributed by atoms with Crippen LogP contribution in [0.15, 0.2) is 177 Å². The molecule has 6 aromatic rings. The van der Waals surface area contributed by atoms with Crippen molar-refractivity contribution in [2.75, 3.05) is 0 Å². The van der Waals surface area contributed by atoms with Crippen molar-refractivity contribution < 1.29 is 0 Å². The monoisotopic (exact) mass is 738 g/mol. The minimum atomic E-state index is 0.00145. The highest BCUT2D eigenvalue weighted by Gasteiger charge is 2.43. The van der Waals surface area contributed by atoms with Crippen LogP contribution in [0.2, 0.25) is 0 Å². The SMILES string of the molecule is CCCCC1(CCCC)c2cc(C(Sc3ccccc3)Sc3ccccc3)ccc2-c2ccc(C(Sc3ccccc3)Sc3ccccc3)cc21. The molecule has 0 nitrogen and oxygen atoms in total. The lowest BCUT2D eigenvalue weighted by Gasteiger charge is -2.34. The maximum Gasteiger partial charge on any atom is 0.0845 e. The van der Waals surface area contributed by atoms with E-state index in [1.165, 1.54) is 80.4 Å². The Morgan fingerprint density at radius 3 is 1.02 bits per heavy atom. The Balaban J connectivity index is 1.33. The lowest BCUT2D eigenvalue weighted by molar-refractivity contribution is 0.414. The molecule has 0 saturated heterocycles. The molecule has 0 amide bonds. The Bertz CT molecular complexity index is 1750. The zero-order valence-electron chi connectivity index (χ0n) is 29.5. The normalized spacial score (nSPS) is 13.0. The van der Waals surface area contributed by atoms with Gasteiger partial charge in [-0.3, -0.25) is 0 Å². The molecule has 1 aliphatic rings. The van der Waals surface area contributed by atoms with Crippen molar-refractivity contribution in [1.82, 2.24) is 0 Å². The summed E-state index contributed by atoms with van der Waals surface area (Å²) >= 11 is 7.87. The minimum absolute atomic E-state index is 0.00145. The molecule has 51 heavy (non-hydrogen) atoms. The summed E-state index contributed by atoms with van der Waals surface area (Å²) in [6.45, 7) is 4.70. The number of rotatable bonds is 16. The van der Waals surface area contributed by atoms with Crippen molar-refractivity contribution in [3.05, 3.63) is 180 Å². The summed E-state index contributed by atoms with van der Waals surface area (Å²) in [7, 11) is 0. The van der Waals surface area contributed by atoms with Crippen LogP contribution in [0.1, 0.15) is 83.8 Å². The number of thioether (sulfide) groups is 4. The highest BCUT2D eigenvalue weighted by Crippen LogP contribution is 2.58. The zero-order chi connectivity index (χ0) is 34.9. The molecule has 4 heteroatoms. The van der Waals surface area contributed by atoms with Gasteiger partial charge in [-0.2, -0.15) is 0 Å². The standard InChI is InChI=1S/C47H46S4/c1-3-5-31-47(32-6-4-2)43-33-35(45(48-37-19-11-7-12-20-37)49-38-21-13-8-14-22-38)27-29-41(43)42-30-28-36(34-44(42)47)46(50-39-23-15-9-16-24-39)51-40-25-17-10-18-26-40/h7-30,33-34,45-46H,3-6,31-32H2,1-2H3. The molecule has 0 atom stereocenters. The Morgan fingerprint density at radius 2 is 0.725 bits per heavy atom. The van der Waals surface area contributed by atoms with Gasteiger partial charge >= 0.3 is 0 Å². The molecule has 0 saturated carbocycles. The van der Waals surface area contributed by atoms with Gasteiger partial charge in [0.25, 0.3) is 0 Å². The number of hydrogen-bond donors (Lipinski definition) is 0. The van der Waals surface area contributed by atoms with Gasteiger partial charge in [-0.25, -0.2) is 0 Å². The third kappa shape index (κ3) is 8.52. The first-order valence-corrected chi connectivity index (χ1v) is 21.8. The quantitative estimate of drug-likeness (QED) is 0.0716. The summed E-state index contributed by atoms with van der Waals surface area (Å²) in [6, 6.07) is 58.7. The fourth-order valence-electron chi connectivity index (χ4n) is 7.26. The third-order valence-corrected chi connectivity index (χ3v) is 15.1. The van der Waals surface area contributed by atoms with E-state index in [1.54, 1.807) is 11.1 Å². The minimum Gasteiger partial charge on any atom is -0.107 e. The van der Waals surface area contributed by atoms with Crippen molar-refractivity contribution in [2.24, 2.45) is 0 Å². The number of fused-ring (bicyclic) bond motifs is 3. The fraction of sp³-hybridized carbons (Fsp3) is 0.234. The van der Waals surface area contributed by atoms with Crippen LogP contribution in [0.5, 0.6) is 0 Å². The Hall–Kier alpha value is -3.28. The average molecular weight is 739 g/mol. The van der Waals surface area contributed by atoms with E-state index in [0.717, 1.165) is 0 Å². The predicted molar refractivity (Wildman–Crippen MR) is 226 cm³/mol. The van der Waals surface area contributed by atoms with Gasteiger partial charge in [0.05, 0.1) is 9.16 Å². The summed E-state index contributed by atoms with van der Waals surface area (Å²) in [5, 5.41) is 0. The number of unbranched alkanes of at least 4 members (excludes halogenated alkanes) is 2. The van der Waals surface area contributed by atoms with E-state index in [0.29, 0.717) is 0 Å². The van der Waals surface area contributed by atoms with Crippen LogP contribution in [-0.2, 0) is 5.41 Å². The van der Waals surface area contributed by atoms with Crippen LogP contribution in [0.25, 0.3) is 11.1 Å². The van der Waals surface area contributed by atoms with Gasteiger partial charge in [0, 0.05) is 25.0 Å². The molecule has 6 aromatic carbocycles. The zero-order valence-corrected chi connectivity index (χ0v) is 32.8. The van der Waals surface area contributed by atoms with Crippen molar-refractivity contribution in [1.29, 1.82) is 0 Å². The molecule has 7 rings (SSSR count). The smallest absolute Gasteiger partial charge is 0.0845 e. The second kappa shape index (κ2) is 17.5. The van der Waals surface area contributed by atoms with E-state index >= 15 is 0 Å². The van der Waals surface area contributed by atoms with E-state index in [4.69, 9.17) is 0 Å². The van der Waals surface area contributed by atoms with Crippen LogP contribution in [0.3, 0.4) is 0 Å². The largest absolute Gasteiger partial charge is 0.107 e. The second-order valence-electron chi connectivity index (χ2n) is 13.3. The van der Waals surface area contributed by atoms with E-state index in [-0.39, 0.29) is 14.6 Å². The van der Waals surface area contributed by atoms with Gasteiger partial charge in [-0.05, 0) is 94.8 Å². The first kappa shape index (κ1) is 36.1. The number of benzene rings is 6. The lowest BCUT2D eigenvalue weighted by atomic mass is 9.70. The molecular formula is C47H46S4. The lowest BCUT2D eigenvalue weighted by Crippen LogP contribution is -2.26. The molecule has 0 aliphatic heterocycles. The third-order valence-electron chi connectivity index (χ3n) is 9.81. The molecule has 0 spiro atoms. The van der Waals surface area contributed by atoms with E-state index in [2.05, 4.69) is 172 Å². The molecule has 0 radical (unpaired) electrons. The average Bonchev–Trinajstić information content (AvgIpc) is 3.45. The highest BCUT2D eigenvalue weighted by atomic mass is 32.2. The van der Waals surface area contributed by atoms with Crippen LogP contribution < -0.4 is 0 Å². The van der Waals surface area contributed by atoms with Crippen molar-refractivity contribution in [2.45, 2.75) is 86.5 Å². The maximum atomic E-state index is 2.62. The molecular weight excluding hydrogens is 693 g/mol. The summed E-state index contributed by atoms with van der Waals surface area (Å²) < 4.78 is 0.478. The molecule has 0 N–H and O–H groups in total. The first-order valence-electron chi connectivity index (χ1n) is 18.3. The van der Waals surface area contributed by atoms with Gasteiger partial charge in [0.1, 0.15) is 0 Å². The van der Waals surface area contributed by atoms with Crippen LogP contribution in [-0.4, -0.2) is 0 Å². The van der Waals surface area contributed by atoms with E-state index in [9.17, 15) is 0 Å². The molecule has 0 aromatic heterocycles. The molecule has 1 aliphatic carbocycles. The predicted octanol–water partition coefficient (Wildman–Crippen LogP) is 15.5. The molecule has 0 heterocycles. The van der Waals surface area contributed by atoms with Crippen molar-refractivity contribution in [3.8, 4) is 11.1 Å². The summed E-state index contributed by atoms with van der Waals surface area (Å²) in [6.07, 6.45) is 7.20. The fourth-order valence-corrected chi connectivity index (χ4v) is 12.4. The van der Waals surface area contributed by atoms with E-state index in [1.807, 2.05) is 47.0 Å². The highest BCUT2D eigenvalue weighted by molar-refractivity contribution is 8.16. The van der Waals surface area contributed by atoms with Crippen LogP contribution in [0.4, 0.5) is 0 Å². The van der Waals surface area contributed by atoms with Gasteiger partial charge in [0.15, 0.2) is 0 Å². The van der Waals surface area contributed by atoms with Gasteiger partial charge in [0.2, 0.25) is 0 Å². The molecule has 0 unspecified atom stereocenters. The topological polar surface area (TPSA) is 0 Å². The van der Waals surface area contributed by atoms with Gasteiger partial charge in [-0.15, -0.1) is 47.0 Å². The second-order valence-corrected chi connectivity index (χ2v) is 18.6. The molecule has 0 fully saturated rings. The Kier molecular flexibility index (Phi) is 12.4. The molecule has 0 bridgehead atoms. The van der Waals surface area contributed by atoms with Crippen molar-refractivity contribution in [3.63, 3.8) is 0 Å². The maximum absolute atomic E-state index is 2.62.